The minimum absolute atomic E-state index is 0. The predicted molar refractivity (Wildman–Crippen MR) is 34.6 cm³/mol. The van der Waals surface area contributed by atoms with Crippen molar-refractivity contribution in [1.82, 2.24) is 0 Å². The van der Waals surface area contributed by atoms with Gasteiger partial charge >= 0.3 is 67.1 Å². The van der Waals surface area contributed by atoms with Gasteiger partial charge in [0.2, 0.25) is 0 Å². The summed E-state index contributed by atoms with van der Waals surface area (Å²) < 4.78 is 0. The summed E-state index contributed by atoms with van der Waals surface area (Å²) in [7, 11) is -16.9. The van der Waals surface area contributed by atoms with Crippen LogP contribution < -0.4 is 73.4 Å². The van der Waals surface area contributed by atoms with Crippen LogP contribution in [0.5, 0.6) is 0 Å². The van der Waals surface area contributed by atoms with Crippen LogP contribution in [0.2, 0.25) is 0 Å². The summed E-state index contributed by atoms with van der Waals surface area (Å²) >= 11 is 0. The minimum atomic E-state index is -3.37. The fourth-order valence-corrected chi connectivity index (χ4v) is 0. The molecule has 0 atom stereocenters. The van der Waals surface area contributed by atoms with Crippen molar-refractivity contribution in [1.29, 1.82) is 0 Å². The zero-order valence-electron chi connectivity index (χ0n) is 9.70. The van der Waals surface area contributed by atoms with Crippen molar-refractivity contribution in [3.05, 3.63) is 0 Å². The summed E-state index contributed by atoms with van der Waals surface area (Å²) in [6.07, 6.45) is 0. The molecule has 0 aliphatic carbocycles. The SMILES string of the molecule is [O-]P([O-])[O-].[O-]P([O-])[O-].[O-]P([O-])[O-].[O-]P([O-])[O-].[O-]P([O-])[O-].[Ta+5].[Ta+5].[Ta+5]. The first-order valence-electron chi connectivity index (χ1n) is 2.74. The normalized spacial score (nSPS) is 7.83. The van der Waals surface area contributed by atoms with E-state index in [0.717, 1.165) is 0 Å². The van der Waals surface area contributed by atoms with Gasteiger partial charge in [0, 0.05) is 0 Å². The first kappa shape index (κ1) is 50.5. The molecule has 0 radical (unpaired) electrons. The standard InChI is InChI=1S/5O3P.3Ta/c5*1-4(2)3;;;/q5*-3;3*+5. The van der Waals surface area contributed by atoms with Gasteiger partial charge in [-0.3, -0.25) is 0 Å². The molecular formula is O15P5Ta3. The van der Waals surface area contributed by atoms with Gasteiger partial charge in [0.1, 0.15) is 0 Å². The summed E-state index contributed by atoms with van der Waals surface area (Å²) in [5.74, 6) is 0. The maximum Gasteiger partial charge on any atom is 5.00 e. The molecule has 0 bridgehead atoms. The third-order valence-corrected chi connectivity index (χ3v) is 0. The molecule has 0 rings (SSSR count). The first-order chi connectivity index (χ1) is 8.66. The molecule has 0 aromatic heterocycles. The number of hydrogen-bond acceptors (Lipinski definition) is 15. The van der Waals surface area contributed by atoms with E-state index in [4.69, 9.17) is 73.4 Å². The molecule has 0 spiro atoms. The molecular weight excluding hydrogens is 938 g/mol. The molecule has 23 heavy (non-hydrogen) atoms. The first-order valence-corrected chi connectivity index (χ1v) is 8.22. The number of hydrogen-bond donors (Lipinski definition) is 0. The largest absolute Gasteiger partial charge is 5.00 e. The van der Waals surface area contributed by atoms with E-state index in [9.17, 15) is 0 Å². The summed E-state index contributed by atoms with van der Waals surface area (Å²) in [6.45, 7) is 0. The minimum Gasteiger partial charge on any atom is -0.854 e. The molecule has 0 amide bonds. The van der Waals surface area contributed by atoms with Crippen LogP contribution in [0.4, 0.5) is 0 Å². The van der Waals surface area contributed by atoms with Crippen molar-refractivity contribution in [3.8, 4) is 0 Å². The van der Waals surface area contributed by atoms with E-state index < -0.39 is 43.0 Å². The third kappa shape index (κ3) is 1020. The monoisotopic (exact) mass is 938 g/mol. The fourth-order valence-electron chi connectivity index (χ4n) is 0. The van der Waals surface area contributed by atoms with Gasteiger partial charge in [-0.1, -0.05) is 0 Å². The Hall–Kier alpha value is 3.77. The van der Waals surface area contributed by atoms with E-state index in [0.29, 0.717) is 0 Å². The molecule has 0 aliphatic rings. The van der Waals surface area contributed by atoms with Crippen LogP contribution in [0.3, 0.4) is 0 Å². The predicted octanol–water partition coefficient (Wildman–Crippen LogP) is -13.5. The molecule has 0 saturated heterocycles. The van der Waals surface area contributed by atoms with E-state index in [-0.39, 0.29) is 67.1 Å². The van der Waals surface area contributed by atoms with E-state index in [1.54, 1.807) is 0 Å². The molecule has 0 saturated carbocycles. The van der Waals surface area contributed by atoms with Gasteiger partial charge in [-0.15, -0.1) is 0 Å². The van der Waals surface area contributed by atoms with E-state index in [1.165, 1.54) is 0 Å². The Balaban J connectivity index is -0.0000000197. The average molecular weight is 938 g/mol. The Morgan fingerprint density at radius 3 is 0.217 bits per heavy atom. The Kier molecular flexibility index (Phi) is 98.5. The van der Waals surface area contributed by atoms with Crippen LogP contribution in [0.15, 0.2) is 0 Å². The van der Waals surface area contributed by atoms with Crippen LogP contribution in [-0.4, -0.2) is 0 Å². The Morgan fingerprint density at radius 2 is 0.217 bits per heavy atom. The van der Waals surface area contributed by atoms with E-state index >= 15 is 0 Å². The summed E-state index contributed by atoms with van der Waals surface area (Å²) in [5.41, 5.74) is 0. The molecule has 0 fully saturated rings. The second-order valence-electron chi connectivity index (χ2n) is 1.12. The molecule has 0 aromatic carbocycles. The molecule has 0 heterocycles. The van der Waals surface area contributed by atoms with Crippen LogP contribution in [0, 0.1) is 0 Å². The van der Waals surface area contributed by atoms with Gasteiger partial charge < -0.3 is 116 Å². The van der Waals surface area contributed by atoms with Crippen LogP contribution in [-0.2, 0) is 67.1 Å². The van der Waals surface area contributed by atoms with Crippen molar-refractivity contribution >= 4 is 43.0 Å². The van der Waals surface area contributed by atoms with Gasteiger partial charge in [0.05, 0.1) is 0 Å². The Labute approximate surface area is 182 Å². The van der Waals surface area contributed by atoms with Crippen molar-refractivity contribution in [3.63, 3.8) is 0 Å². The van der Waals surface area contributed by atoms with Crippen LogP contribution in [0.25, 0.3) is 0 Å². The summed E-state index contributed by atoms with van der Waals surface area (Å²) in [4.78, 5) is 127. The van der Waals surface area contributed by atoms with Crippen LogP contribution >= 0.6 is 43.0 Å². The Bertz CT molecular complexity index is 87.7. The molecule has 0 aliphatic heterocycles. The van der Waals surface area contributed by atoms with Gasteiger partial charge in [0.25, 0.3) is 0 Å². The Morgan fingerprint density at radius 1 is 0.217 bits per heavy atom. The summed E-state index contributed by atoms with van der Waals surface area (Å²) in [6, 6.07) is 0. The molecule has 0 aromatic rings. The smallest absolute Gasteiger partial charge is 0.854 e. The van der Waals surface area contributed by atoms with Gasteiger partial charge in [-0.25, -0.2) is 0 Å². The second-order valence-corrected chi connectivity index (χ2v) is 3.35. The number of rotatable bonds is 0. The molecule has 0 N–H and O–H groups in total. The summed E-state index contributed by atoms with van der Waals surface area (Å²) in [5, 5.41) is 0. The quantitative estimate of drug-likeness (QED) is 0.204. The molecule has 0 unspecified atom stereocenters. The van der Waals surface area contributed by atoms with Crippen LogP contribution in [0.1, 0.15) is 0 Å². The van der Waals surface area contributed by atoms with Crippen molar-refractivity contribution in [2.24, 2.45) is 0 Å². The van der Waals surface area contributed by atoms with Gasteiger partial charge in [-0.05, 0) is 0 Å². The maximum atomic E-state index is 8.48. The molecule has 130 valence electrons. The zero-order valence-corrected chi connectivity index (χ0v) is 23.8. The maximum absolute atomic E-state index is 8.48. The van der Waals surface area contributed by atoms with E-state index in [2.05, 4.69) is 0 Å². The fraction of sp³-hybridized carbons (Fsp3) is 0. The topological polar surface area (TPSA) is 346 Å². The van der Waals surface area contributed by atoms with Crippen molar-refractivity contribution < 1.29 is 141 Å². The third-order valence-electron chi connectivity index (χ3n) is 0. The van der Waals surface area contributed by atoms with Crippen molar-refractivity contribution in [2.75, 3.05) is 0 Å². The van der Waals surface area contributed by atoms with Gasteiger partial charge in [0.15, 0.2) is 0 Å². The van der Waals surface area contributed by atoms with Gasteiger partial charge in [-0.2, -0.15) is 0 Å². The molecule has 15 nitrogen and oxygen atoms in total. The van der Waals surface area contributed by atoms with E-state index in [1.807, 2.05) is 0 Å². The van der Waals surface area contributed by atoms with Crippen molar-refractivity contribution in [2.45, 2.75) is 0 Å². The average Bonchev–Trinajstić information content (AvgIpc) is 1.94. The second kappa shape index (κ2) is 44.9. The zero-order chi connectivity index (χ0) is 17.9. The molecule has 23 heteroatoms.